The third kappa shape index (κ3) is 3.79. The summed E-state index contributed by atoms with van der Waals surface area (Å²) in [5, 5.41) is 7.39. The first-order valence-electron chi connectivity index (χ1n) is 5.66. The van der Waals surface area contributed by atoms with E-state index in [4.69, 9.17) is 9.47 Å². The quantitative estimate of drug-likeness (QED) is 0.916. The molecule has 0 spiro atoms. The van der Waals surface area contributed by atoms with E-state index in [0.29, 0.717) is 6.54 Å². The van der Waals surface area contributed by atoms with Gasteiger partial charge in [-0.25, -0.2) is 0 Å². The first-order chi connectivity index (χ1) is 8.72. The van der Waals surface area contributed by atoms with Crippen molar-refractivity contribution in [2.75, 3.05) is 19.5 Å². The van der Waals surface area contributed by atoms with Crippen LogP contribution in [-0.2, 0) is 13.6 Å². The summed E-state index contributed by atoms with van der Waals surface area (Å²) >= 11 is 0. The lowest BCUT2D eigenvalue weighted by atomic mass is 10.2. The number of methoxy groups -OCH3 is 2. The maximum absolute atomic E-state index is 5.32. The van der Waals surface area contributed by atoms with Gasteiger partial charge < -0.3 is 14.8 Å². The summed E-state index contributed by atoms with van der Waals surface area (Å²) in [5.74, 6) is 1.66. The summed E-state index contributed by atoms with van der Waals surface area (Å²) < 4.78 is 12.3. The maximum Gasteiger partial charge on any atom is 0.124 e. The van der Waals surface area contributed by atoms with E-state index in [1.165, 1.54) is 0 Å². The number of benzene rings is 1. The molecule has 1 aromatic heterocycles. The molecule has 6 heteroatoms. The van der Waals surface area contributed by atoms with Gasteiger partial charge in [0.15, 0.2) is 0 Å². The number of nitrogens with one attached hydrogen (secondary N) is 1. The van der Waals surface area contributed by atoms with E-state index in [9.17, 15) is 0 Å². The number of halogens is 1. The Morgan fingerprint density at radius 2 is 2.05 bits per heavy atom. The van der Waals surface area contributed by atoms with E-state index in [2.05, 4.69) is 10.4 Å². The highest BCUT2D eigenvalue weighted by Crippen LogP contribution is 2.24. The molecule has 2 aromatic rings. The summed E-state index contributed by atoms with van der Waals surface area (Å²) in [6.45, 7) is 0.659. The largest absolute Gasteiger partial charge is 0.497 e. The number of nitrogens with zero attached hydrogens (tertiary/aromatic N) is 2. The van der Waals surface area contributed by atoms with Crippen LogP contribution in [0.5, 0.6) is 11.5 Å². The second-order valence-electron chi connectivity index (χ2n) is 3.93. The summed E-state index contributed by atoms with van der Waals surface area (Å²) in [6.07, 6.45) is 3.71. The number of hydrogen-bond donors (Lipinski definition) is 1. The number of ether oxygens (including phenoxy) is 2. The van der Waals surface area contributed by atoms with Crippen LogP contribution in [0.15, 0.2) is 30.6 Å². The normalized spacial score (nSPS) is 9.63. The molecule has 0 unspecified atom stereocenters. The molecule has 0 bridgehead atoms. The molecular formula is C13H18ClN3O2. The number of anilines is 1. The Labute approximate surface area is 118 Å². The van der Waals surface area contributed by atoms with Crippen molar-refractivity contribution in [2.45, 2.75) is 6.54 Å². The summed E-state index contributed by atoms with van der Waals surface area (Å²) in [6, 6.07) is 5.74. The minimum Gasteiger partial charge on any atom is -0.497 e. The van der Waals surface area contributed by atoms with Crippen molar-refractivity contribution in [3.8, 4) is 11.5 Å². The SMILES string of the molecule is COc1ccc(OC)c(CNc2cnn(C)c2)c1.Cl. The van der Waals surface area contributed by atoms with E-state index >= 15 is 0 Å². The second-order valence-corrected chi connectivity index (χ2v) is 3.93. The molecule has 1 N–H and O–H groups in total. The van der Waals surface area contributed by atoms with E-state index in [1.54, 1.807) is 25.1 Å². The van der Waals surface area contributed by atoms with Gasteiger partial charge in [-0.3, -0.25) is 4.68 Å². The third-order valence-electron chi connectivity index (χ3n) is 2.68. The first kappa shape index (κ1) is 15.2. The van der Waals surface area contributed by atoms with Crippen molar-refractivity contribution in [1.82, 2.24) is 9.78 Å². The topological polar surface area (TPSA) is 48.3 Å². The molecule has 0 aliphatic carbocycles. The summed E-state index contributed by atoms with van der Waals surface area (Å²) in [7, 11) is 5.20. The lowest BCUT2D eigenvalue weighted by Crippen LogP contribution is -2.01. The van der Waals surface area contributed by atoms with Gasteiger partial charge >= 0.3 is 0 Å². The fourth-order valence-electron chi connectivity index (χ4n) is 1.73. The van der Waals surface area contributed by atoms with Crippen LogP contribution in [-0.4, -0.2) is 24.0 Å². The minimum atomic E-state index is 0. The zero-order valence-corrected chi connectivity index (χ0v) is 12.0. The highest BCUT2D eigenvalue weighted by molar-refractivity contribution is 5.85. The molecular weight excluding hydrogens is 266 g/mol. The molecule has 19 heavy (non-hydrogen) atoms. The molecule has 0 aliphatic heterocycles. The monoisotopic (exact) mass is 283 g/mol. The van der Waals surface area contributed by atoms with E-state index in [1.807, 2.05) is 31.4 Å². The van der Waals surface area contributed by atoms with Crippen molar-refractivity contribution in [3.05, 3.63) is 36.2 Å². The van der Waals surface area contributed by atoms with Crippen LogP contribution in [0.1, 0.15) is 5.56 Å². The van der Waals surface area contributed by atoms with Crippen molar-refractivity contribution >= 4 is 18.1 Å². The van der Waals surface area contributed by atoms with Gasteiger partial charge in [0, 0.05) is 25.4 Å². The Balaban J connectivity index is 0.00000180. The van der Waals surface area contributed by atoms with Crippen molar-refractivity contribution in [1.29, 1.82) is 0 Å². The molecule has 0 amide bonds. The lowest BCUT2D eigenvalue weighted by Gasteiger charge is -2.11. The lowest BCUT2D eigenvalue weighted by molar-refractivity contribution is 0.399. The number of aromatic nitrogens is 2. The molecule has 0 atom stereocenters. The molecule has 1 aromatic carbocycles. The molecule has 104 valence electrons. The average Bonchev–Trinajstić information content (AvgIpc) is 2.81. The van der Waals surface area contributed by atoms with Crippen LogP contribution in [0.3, 0.4) is 0 Å². The predicted octanol–water partition coefficient (Wildman–Crippen LogP) is 2.47. The Morgan fingerprint density at radius 3 is 2.63 bits per heavy atom. The Bertz CT molecular complexity index is 528. The number of hydrogen-bond acceptors (Lipinski definition) is 4. The Morgan fingerprint density at radius 1 is 1.26 bits per heavy atom. The molecule has 0 saturated carbocycles. The van der Waals surface area contributed by atoms with Gasteiger partial charge in [0.2, 0.25) is 0 Å². The Hall–Kier alpha value is -1.88. The number of aryl methyl sites for hydroxylation is 1. The minimum absolute atomic E-state index is 0. The van der Waals surface area contributed by atoms with E-state index in [0.717, 1.165) is 22.7 Å². The molecule has 0 radical (unpaired) electrons. The van der Waals surface area contributed by atoms with Gasteiger partial charge in [0.25, 0.3) is 0 Å². The highest BCUT2D eigenvalue weighted by atomic mass is 35.5. The van der Waals surface area contributed by atoms with Gasteiger partial charge in [-0.05, 0) is 18.2 Å². The van der Waals surface area contributed by atoms with Crippen molar-refractivity contribution in [2.24, 2.45) is 7.05 Å². The Kier molecular flexibility index (Phi) is 5.51. The molecule has 0 fully saturated rings. The van der Waals surface area contributed by atoms with Crippen LogP contribution < -0.4 is 14.8 Å². The fourth-order valence-corrected chi connectivity index (χ4v) is 1.73. The third-order valence-corrected chi connectivity index (χ3v) is 2.68. The summed E-state index contributed by atoms with van der Waals surface area (Å²) in [5.41, 5.74) is 2.02. The maximum atomic E-state index is 5.32. The fraction of sp³-hybridized carbons (Fsp3) is 0.308. The average molecular weight is 284 g/mol. The van der Waals surface area contributed by atoms with Crippen LogP contribution in [0, 0.1) is 0 Å². The standard InChI is InChI=1S/C13H17N3O2.ClH/c1-16-9-11(8-15-16)14-7-10-6-12(17-2)4-5-13(10)18-3;/h4-6,8-9,14H,7H2,1-3H3;1H. The smallest absolute Gasteiger partial charge is 0.124 e. The second kappa shape index (κ2) is 6.89. The number of rotatable bonds is 5. The van der Waals surface area contributed by atoms with E-state index < -0.39 is 0 Å². The van der Waals surface area contributed by atoms with Gasteiger partial charge in [0.05, 0.1) is 26.1 Å². The highest BCUT2D eigenvalue weighted by Gasteiger charge is 2.05. The summed E-state index contributed by atoms with van der Waals surface area (Å²) in [4.78, 5) is 0. The van der Waals surface area contributed by atoms with E-state index in [-0.39, 0.29) is 12.4 Å². The molecule has 5 nitrogen and oxygen atoms in total. The molecule has 2 rings (SSSR count). The van der Waals surface area contributed by atoms with Crippen LogP contribution in [0.2, 0.25) is 0 Å². The van der Waals surface area contributed by atoms with Gasteiger partial charge in [-0.2, -0.15) is 5.10 Å². The van der Waals surface area contributed by atoms with Crippen LogP contribution >= 0.6 is 12.4 Å². The van der Waals surface area contributed by atoms with Crippen molar-refractivity contribution in [3.63, 3.8) is 0 Å². The van der Waals surface area contributed by atoms with Gasteiger partial charge in [-0.1, -0.05) is 0 Å². The molecule has 1 heterocycles. The van der Waals surface area contributed by atoms with Crippen molar-refractivity contribution < 1.29 is 9.47 Å². The van der Waals surface area contributed by atoms with Gasteiger partial charge in [0.1, 0.15) is 11.5 Å². The molecule has 0 saturated heterocycles. The molecule has 0 aliphatic rings. The van der Waals surface area contributed by atoms with Gasteiger partial charge in [-0.15, -0.1) is 12.4 Å². The van der Waals surface area contributed by atoms with Crippen LogP contribution in [0.25, 0.3) is 0 Å². The van der Waals surface area contributed by atoms with Crippen LogP contribution in [0.4, 0.5) is 5.69 Å². The first-order valence-corrected chi connectivity index (χ1v) is 5.66. The zero-order valence-electron chi connectivity index (χ0n) is 11.2. The predicted molar refractivity (Wildman–Crippen MR) is 77.3 cm³/mol. The zero-order chi connectivity index (χ0) is 13.0.